The predicted octanol–water partition coefficient (Wildman–Crippen LogP) is 2.63. The highest BCUT2D eigenvalue weighted by Gasteiger charge is 2.31. The van der Waals surface area contributed by atoms with Gasteiger partial charge in [-0.3, -0.25) is 4.79 Å². The zero-order valence-corrected chi connectivity index (χ0v) is 13.4. The normalized spacial score (nSPS) is 17.9. The lowest BCUT2D eigenvalue weighted by Crippen LogP contribution is -2.47. The molecule has 1 aliphatic rings. The van der Waals surface area contributed by atoms with Gasteiger partial charge >= 0.3 is 18.4 Å². The van der Waals surface area contributed by atoms with Gasteiger partial charge in [-0.15, -0.1) is 13.2 Å². The van der Waals surface area contributed by atoms with Crippen LogP contribution in [0.25, 0.3) is 0 Å². The van der Waals surface area contributed by atoms with Gasteiger partial charge in [0.2, 0.25) is 0 Å². The molecule has 6 nitrogen and oxygen atoms in total. The van der Waals surface area contributed by atoms with Crippen molar-refractivity contribution in [2.24, 2.45) is 5.92 Å². The Balaban J connectivity index is 1.76. The van der Waals surface area contributed by atoms with Crippen LogP contribution in [0.4, 0.5) is 18.0 Å². The lowest BCUT2D eigenvalue weighted by atomic mass is 9.99. The van der Waals surface area contributed by atoms with Crippen LogP contribution in [0.2, 0.25) is 0 Å². The van der Waals surface area contributed by atoms with Crippen LogP contribution >= 0.6 is 0 Å². The van der Waals surface area contributed by atoms with Gasteiger partial charge in [0.1, 0.15) is 5.75 Å². The summed E-state index contributed by atoms with van der Waals surface area (Å²) in [5.74, 6) is -1.74. The molecule has 0 aliphatic carbocycles. The van der Waals surface area contributed by atoms with Crippen LogP contribution in [0.15, 0.2) is 24.3 Å². The number of nitrogens with zero attached hydrogens (tertiary/aromatic N) is 1. The summed E-state index contributed by atoms with van der Waals surface area (Å²) < 4.78 is 40.0. The zero-order valence-electron chi connectivity index (χ0n) is 13.4. The molecule has 2 N–H and O–H groups in total. The van der Waals surface area contributed by atoms with E-state index in [-0.39, 0.29) is 18.3 Å². The molecule has 138 valence electrons. The Bertz CT molecular complexity index is 604. The summed E-state index contributed by atoms with van der Waals surface area (Å²) in [5.41, 5.74) is 0.747. The summed E-state index contributed by atoms with van der Waals surface area (Å²) in [6.45, 7) is 0.996. The summed E-state index contributed by atoms with van der Waals surface area (Å²) in [4.78, 5) is 24.5. The largest absolute Gasteiger partial charge is 0.573 e. The van der Waals surface area contributed by atoms with Gasteiger partial charge in [-0.05, 0) is 37.0 Å². The molecular weight excluding hydrogens is 341 g/mol. The number of rotatable bonds is 5. The Hall–Kier alpha value is -2.45. The average molecular weight is 360 g/mol. The number of urea groups is 1. The van der Waals surface area contributed by atoms with Crippen molar-refractivity contribution in [3.05, 3.63) is 29.8 Å². The van der Waals surface area contributed by atoms with Crippen molar-refractivity contribution in [2.45, 2.75) is 25.6 Å². The van der Waals surface area contributed by atoms with Crippen LogP contribution in [0, 0.1) is 5.92 Å². The second kappa shape index (κ2) is 8.09. The smallest absolute Gasteiger partial charge is 0.481 e. The van der Waals surface area contributed by atoms with Crippen molar-refractivity contribution < 1.29 is 32.6 Å². The Kier molecular flexibility index (Phi) is 6.11. The summed E-state index contributed by atoms with van der Waals surface area (Å²) in [6.07, 6.45) is -3.08. The number of aliphatic carboxylic acids is 1. The number of benzene rings is 1. The maximum atomic E-state index is 12.1. The summed E-state index contributed by atoms with van der Waals surface area (Å²) in [5, 5.41) is 11.7. The Morgan fingerprint density at radius 2 is 1.96 bits per heavy atom. The number of piperidine rings is 1. The predicted molar refractivity (Wildman–Crippen MR) is 82.2 cm³/mol. The standard InChI is InChI=1S/C16H19F3N2O4/c17-16(18,19)25-13-5-3-11(4-6-13)7-8-20-15(24)21-9-1-2-12(10-21)14(22)23/h3-6,12H,1-2,7-10H2,(H,20,24)(H,22,23). The monoisotopic (exact) mass is 360 g/mol. The van der Waals surface area contributed by atoms with Crippen LogP contribution in [0.1, 0.15) is 18.4 Å². The molecular formula is C16H19F3N2O4. The number of hydrogen-bond donors (Lipinski definition) is 2. The van der Waals surface area contributed by atoms with Crippen molar-refractivity contribution in [3.63, 3.8) is 0 Å². The molecule has 0 saturated carbocycles. The maximum Gasteiger partial charge on any atom is 0.573 e. The third-order valence-corrected chi connectivity index (χ3v) is 3.90. The fourth-order valence-corrected chi connectivity index (χ4v) is 2.65. The number of nitrogens with one attached hydrogen (secondary N) is 1. The topological polar surface area (TPSA) is 78.9 Å². The molecule has 1 aromatic carbocycles. The van der Waals surface area contributed by atoms with E-state index in [4.69, 9.17) is 5.11 Å². The number of carboxylic acid groups (broad SMARTS) is 1. The van der Waals surface area contributed by atoms with Crippen LogP contribution in [-0.2, 0) is 11.2 Å². The van der Waals surface area contributed by atoms with Crippen LogP contribution < -0.4 is 10.1 Å². The highest BCUT2D eigenvalue weighted by atomic mass is 19.4. The minimum atomic E-state index is -4.72. The summed E-state index contributed by atoms with van der Waals surface area (Å²) >= 11 is 0. The van der Waals surface area contributed by atoms with Gasteiger partial charge in [0.15, 0.2) is 0 Å². The molecule has 0 bridgehead atoms. The third-order valence-electron chi connectivity index (χ3n) is 3.90. The first-order valence-corrected chi connectivity index (χ1v) is 7.85. The van der Waals surface area contributed by atoms with Crippen molar-refractivity contribution in [2.75, 3.05) is 19.6 Å². The van der Waals surface area contributed by atoms with Gasteiger partial charge in [0.05, 0.1) is 5.92 Å². The Labute approximate surface area is 142 Å². The minimum absolute atomic E-state index is 0.185. The number of halogens is 3. The van der Waals surface area contributed by atoms with Gasteiger partial charge in [-0.1, -0.05) is 12.1 Å². The van der Waals surface area contributed by atoms with E-state index in [9.17, 15) is 22.8 Å². The van der Waals surface area contributed by atoms with Gasteiger partial charge in [-0.25, -0.2) is 4.79 Å². The first-order chi connectivity index (χ1) is 11.7. The molecule has 1 fully saturated rings. The Morgan fingerprint density at radius 1 is 1.28 bits per heavy atom. The van der Waals surface area contributed by atoms with Gasteiger partial charge in [0.25, 0.3) is 0 Å². The number of ether oxygens (including phenoxy) is 1. The number of likely N-dealkylation sites (tertiary alicyclic amines) is 1. The number of hydrogen-bond acceptors (Lipinski definition) is 3. The maximum absolute atomic E-state index is 12.1. The van der Waals surface area contributed by atoms with Crippen molar-refractivity contribution in [3.8, 4) is 5.75 Å². The molecule has 0 spiro atoms. The van der Waals surface area contributed by atoms with E-state index in [1.165, 1.54) is 29.2 Å². The van der Waals surface area contributed by atoms with E-state index in [2.05, 4.69) is 10.1 Å². The quantitative estimate of drug-likeness (QED) is 0.846. The van der Waals surface area contributed by atoms with E-state index < -0.39 is 18.2 Å². The number of alkyl halides is 3. The van der Waals surface area contributed by atoms with E-state index >= 15 is 0 Å². The fraction of sp³-hybridized carbons (Fsp3) is 0.500. The molecule has 1 atom stereocenters. The molecule has 1 heterocycles. The molecule has 2 amide bonds. The van der Waals surface area contributed by atoms with E-state index in [0.29, 0.717) is 32.4 Å². The zero-order chi connectivity index (χ0) is 18.4. The molecule has 9 heteroatoms. The van der Waals surface area contributed by atoms with Gasteiger partial charge in [0, 0.05) is 19.6 Å². The van der Waals surface area contributed by atoms with Gasteiger partial charge < -0.3 is 20.1 Å². The van der Waals surface area contributed by atoms with Crippen molar-refractivity contribution in [1.29, 1.82) is 0 Å². The molecule has 1 saturated heterocycles. The van der Waals surface area contributed by atoms with E-state index in [1.54, 1.807) is 0 Å². The van der Waals surface area contributed by atoms with Crippen molar-refractivity contribution >= 4 is 12.0 Å². The minimum Gasteiger partial charge on any atom is -0.481 e. The SMILES string of the molecule is O=C(O)C1CCCN(C(=O)NCCc2ccc(OC(F)(F)F)cc2)C1. The van der Waals surface area contributed by atoms with E-state index in [1.807, 2.05) is 0 Å². The van der Waals surface area contributed by atoms with Crippen molar-refractivity contribution in [1.82, 2.24) is 10.2 Å². The number of amides is 2. The van der Waals surface area contributed by atoms with Crippen LogP contribution in [-0.4, -0.2) is 48.0 Å². The highest BCUT2D eigenvalue weighted by Crippen LogP contribution is 2.22. The summed E-state index contributed by atoms with van der Waals surface area (Å²) in [7, 11) is 0. The first-order valence-electron chi connectivity index (χ1n) is 7.85. The lowest BCUT2D eigenvalue weighted by molar-refractivity contribution is -0.274. The summed E-state index contributed by atoms with van der Waals surface area (Å²) in [6, 6.07) is 5.09. The molecule has 1 aliphatic heterocycles. The van der Waals surface area contributed by atoms with Crippen LogP contribution in [0.3, 0.4) is 0 Å². The van der Waals surface area contributed by atoms with Gasteiger partial charge in [-0.2, -0.15) is 0 Å². The molecule has 2 rings (SSSR count). The molecule has 25 heavy (non-hydrogen) atoms. The Morgan fingerprint density at radius 3 is 2.56 bits per heavy atom. The fourth-order valence-electron chi connectivity index (χ4n) is 2.65. The van der Waals surface area contributed by atoms with Crippen LogP contribution in [0.5, 0.6) is 5.75 Å². The third kappa shape index (κ3) is 6.17. The first kappa shape index (κ1) is 18.9. The van der Waals surface area contributed by atoms with E-state index in [0.717, 1.165) is 5.56 Å². The highest BCUT2D eigenvalue weighted by molar-refractivity contribution is 5.76. The molecule has 1 unspecified atom stereocenters. The number of carboxylic acids is 1. The lowest BCUT2D eigenvalue weighted by Gasteiger charge is -2.30. The molecule has 0 radical (unpaired) electrons. The molecule has 0 aromatic heterocycles. The second-order valence-corrected chi connectivity index (χ2v) is 5.80. The number of carbonyl (C=O) groups excluding carboxylic acids is 1. The average Bonchev–Trinajstić information content (AvgIpc) is 2.55. The molecule has 1 aromatic rings. The second-order valence-electron chi connectivity index (χ2n) is 5.80. The number of carbonyl (C=O) groups is 2.